The van der Waals surface area contributed by atoms with Crippen molar-refractivity contribution in [3.63, 3.8) is 0 Å². The number of nitriles is 1. The Kier molecular flexibility index (Phi) is 6.01. The third-order valence-corrected chi connectivity index (χ3v) is 3.33. The van der Waals surface area contributed by atoms with Crippen molar-refractivity contribution >= 4 is 23.4 Å². The molecule has 0 aliphatic heterocycles. The van der Waals surface area contributed by atoms with Gasteiger partial charge in [0.15, 0.2) is 17.6 Å². The molecule has 1 atom stereocenters. The predicted molar refractivity (Wildman–Crippen MR) is 90.3 cm³/mol. The van der Waals surface area contributed by atoms with Gasteiger partial charge in [0.25, 0.3) is 5.91 Å². The number of aromatic nitrogens is 2. The second kappa shape index (κ2) is 8.40. The van der Waals surface area contributed by atoms with Crippen LogP contribution in [0.2, 0.25) is 0 Å². The van der Waals surface area contributed by atoms with E-state index in [1.165, 1.54) is 24.2 Å². The molecule has 0 saturated carbocycles. The summed E-state index contributed by atoms with van der Waals surface area (Å²) in [6, 6.07) is 10.9. The van der Waals surface area contributed by atoms with E-state index in [0.29, 0.717) is 5.69 Å². The van der Waals surface area contributed by atoms with Gasteiger partial charge in [0.2, 0.25) is 0 Å². The van der Waals surface area contributed by atoms with Crippen molar-refractivity contribution in [2.45, 2.75) is 19.4 Å². The summed E-state index contributed by atoms with van der Waals surface area (Å²) in [5, 5.41) is 8.80. The van der Waals surface area contributed by atoms with E-state index < -0.39 is 18.0 Å². The zero-order valence-electron chi connectivity index (χ0n) is 13.6. The molecule has 0 bridgehead atoms. The molecule has 2 aromatic rings. The molecule has 0 saturated heterocycles. The van der Waals surface area contributed by atoms with Gasteiger partial charge in [-0.2, -0.15) is 5.26 Å². The largest absolute Gasteiger partial charge is 0.448 e. The van der Waals surface area contributed by atoms with Crippen LogP contribution < -0.4 is 10.6 Å². The van der Waals surface area contributed by atoms with Gasteiger partial charge >= 0.3 is 5.97 Å². The third kappa shape index (κ3) is 4.51. The van der Waals surface area contributed by atoms with Crippen LogP contribution in [0.15, 0.2) is 42.7 Å². The molecule has 128 valence electrons. The predicted octanol–water partition coefficient (Wildman–Crippen LogP) is 1.55. The van der Waals surface area contributed by atoms with Gasteiger partial charge in [-0.1, -0.05) is 18.2 Å². The van der Waals surface area contributed by atoms with Gasteiger partial charge in [0.05, 0.1) is 12.5 Å². The van der Waals surface area contributed by atoms with E-state index in [9.17, 15) is 9.59 Å². The number of carbonyl (C=O) groups is 2. The Morgan fingerprint density at radius 3 is 2.60 bits per heavy atom. The first-order chi connectivity index (χ1) is 12.0. The smallest absolute Gasteiger partial charge is 0.361 e. The molecular formula is C17H17N5O3. The quantitative estimate of drug-likeness (QED) is 0.792. The topological polar surface area (TPSA) is 122 Å². The molecule has 1 aromatic carbocycles. The van der Waals surface area contributed by atoms with Crippen molar-refractivity contribution in [1.82, 2.24) is 9.97 Å². The van der Waals surface area contributed by atoms with Crippen LogP contribution in [0.4, 0.5) is 11.5 Å². The summed E-state index contributed by atoms with van der Waals surface area (Å²) in [6.07, 6.45) is 1.73. The van der Waals surface area contributed by atoms with Gasteiger partial charge in [-0.15, -0.1) is 0 Å². The highest BCUT2D eigenvalue weighted by Crippen LogP contribution is 2.17. The van der Waals surface area contributed by atoms with Gasteiger partial charge in [0.1, 0.15) is 0 Å². The number of carbonyl (C=O) groups excluding carboxylic acids is 2. The molecule has 0 aliphatic carbocycles. The number of benzene rings is 1. The highest BCUT2D eigenvalue weighted by Gasteiger charge is 2.26. The molecule has 1 unspecified atom stereocenters. The Balaban J connectivity index is 2.14. The van der Waals surface area contributed by atoms with Gasteiger partial charge in [-0.05, 0) is 19.1 Å². The number of esters is 1. The zero-order valence-corrected chi connectivity index (χ0v) is 13.6. The highest BCUT2D eigenvalue weighted by atomic mass is 16.5. The third-order valence-electron chi connectivity index (χ3n) is 3.33. The van der Waals surface area contributed by atoms with Crippen molar-refractivity contribution in [2.24, 2.45) is 0 Å². The van der Waals surface area contributed by atoms with Crippen molar-refractivity contribution < 1.29 is 14.3 Å². The van der Waals surface area contributed by atoms with E-state index >= 15 is 0 Å². The number of hydrogen-bond acceptors (Lipinski definition) is 7. The van der Waals surface area contributed by atoms with Crippen LogP contribution in [-0.4, -0.2) is 34.5 Å². The van der Waals surface area contributed by atoms with Gasteiger partial charge in [0, 0.05) is 24.6 Å². The van der Waals surface area contributed by atoms with Crippen LogP contribution in [0.1, 0.15) is 23.8 Å². The molecule has 1 heterocycles. The first kappa shape index (κ1) is 17.9. The van der Waals surface area contributed by atoms with Crippen LogP contribution in [0.25, 0.3) is 0 Å². The van der Waals surface area contributed by atoms with E-state index in [0.717, 1.165) is 0 Å². The normalized spacial score (nSPS) is 11.2. The molecule has 8 nitrogen and oxygen atoms in total. The lowest BCUT2D eigenvalue weighted by Gasteiger charge is -2.25. The van der Waals surface area contributed by atoms with Crippen LogP contribution in [-0.2, 0) is 9.53 Å². The summed E-state index contributed by atoms with van der Waals surface area (Å²) in [5.41, 5.74) is 6.05. The Hall–Kier alpha value is -3.47. The minimum absolute atomic E-state index is 0.0726. The summed E-state index contributed by atoms with van der Waals surface area (Å²) in [4.78, 5) is 33.8. The molecule has 1 amide bonds. The van der Waals surface area contributed by atoms with Crippen LogP contribution >= 0.6 is 0 Å². The maximum Gasteiger partial charge on any atom is 0.361 e. The number of nitrogen functional groups attached to an aromatic ring is 1. The van der Waals surface area contributed by atoms with E-state index in [1.54, 1.807) is 24.3 Å². The number of nitrogens with zero attached hydrogens (tertiary/aromatic N) is 4. The van der Waals surface area contributed by atoms with Crippen molar-refractivity contribution in [3.8, 4) is 6.07 Å². The first-order valence-electron chi connectivity index (χ1n) is 7.55. The second-order valence-corrected chi connectivity index (χ2v) is 5.07. The maximum absolute atomic E-state index is 12.7. The first-order valence-corrected chi connectivity index (χ1v) is 7.55. The summed E-state index contributed by atoms with van der Waals surface area (Å²) in [7, 11) is 0. The summed E-state index contributed by atoms with van der Waals surface area (Å²) in [6.45, 7) is 1.64. The van der Waals surface area contributed by atoms with E-state index in [-0.39, 0.29) is 24.5 Å². The van der Waals surface area contributed by atoms with Crippen LogP contribution in [0.5, 0.6) is 0 Å². The fourth-order valence-electron chi connectivity index (χ4n) is 2.13. The number of nitrogens with two attached hydrogens (primary N) is 1. The standard InChI is InChI=1S/C17H17N5O3/c1-12(25-17(24)14-15(19)21-10-9-20-14)16(23)22(11-5-8-18)13-6-3-2-4-7-13/h2-4,6-7,9-10,12H,5,11H2,1H3,(H2,19,21). The second-order valence-electron chi connectivity index (χ2n) is 5.07. The highest BCUT2D eigenvalue weighted by molar-refractivity contribution is 5.99. The Morgan fingerprint density at radius 2 is 1.96 bits per heavy atom. The molecular weight excluding hydrogens is 322 g/mol. The molecule has 1 aromatic heterocycles. The number of rotatable bonds is 6. The van der Waals surface area contributed by atoms with Crippen molar-refractivity contribution in [3.05, 3.63) is 48.4 Å². The van der Waals surface area contributed by atoms with Crippen LogP contribution in [0, 0.1) is 11.3 Å². The molecule has 0 fully saturated rings. The van der Waals surface area contributed by atoms with Crippen molar-refractivity contribution in [2.75, 3.05) is 17.2 Å². The fraction of sp³-hybridized carbons (Fsp3) is 0.235. The Bertz CT molecular complexity index is 788. The monoisotopic (exact) mass is 339 g/mol. The Morgan fingerprint density at radius 1 is 1.28 bits per heavy atom. The average Bonchev–Trinajstić information content (AvgIpc) is 2.63. The summed E-state index contributed by atoms with van der Waals surface area (Å²) in [5.74, 6) is -1.35. The lowest BCUT2D eigenvalue weighted by atomic mass is 10.2. The fourth-order valence-corrected chi connectivity index (χ4v) is 2.13. The average molecular weight is 339 g/mol. The molecule has 0 spiro atoms. The Labute approximate surface area is 144 Å². The van der Waals surface area contributed by atoms with Gasteiger partial charge < -0.3 is 15.4 Å². The van der Waals surface area contributed by atoms with Gasteiger partial charge in [-0.25, -0.2) is 14.8 Å². The minimum Gasteiger partial charge on any atom is -0.448 e. The lowest BCUT2D eigenvalue weighted by molar-refractivity contribution is -0.126. The lowest BCUT2D eigenvalue weighted by Crippen LogP contribution is -2.40. The van der Waals surface area contributed by atoms with E-state index in [4.69, 9.17) is 15.7 Å². The maximum atomic E-state index is 12.7. The number of anilines is 2. The van der Waals surface area contributed by atoms with E-state index in [1.807, 2.05) is 12.1 Å². The summed E-state index contributed by atoms with van der Waals surface area (Å²) < 4.78 is 5.17. The molecule has 0 aliphatic rings. The molecule has 0 radical (unpaired) electrons. The molecule has 25 heavy (non-hydrogen) atoms. The molecule has 2 N–H and O–H groups in total. The summed E-state index contributed by atoms with van der Waals surface area (Å²) >= 11 is 0. The SMILES string of the molecule is CC(OC(=O)c1nccnc1N)C(=O)N(CCC#N)c1ccccc1. The minimum atomic E-state index is -1.08. The molecule has 2 rings (SSSR count). The molecule has 8 heteroatoms. The van der Waals surface area contributed by atoms with Gasteiger partial charge in [-0.3, -0.25) is 4.79 Å². The number of amides is 1. The number of ether oxygens (including phenoxy) is 1. The van der Waals surface area contributed by atoms with Crippen LogP contribution in [0.3, 0.4) is 0 Å². The van der Waals surface area contributed by atoms with E-state index in [2.05, 4.69) is 9.97 Å². The zero-order chi connectivity index (χ0) is 18.2. The van der Waals surface area contributed by atoms with Crippen molar-refractivity contribution in [1.29, 1.82) is 5.26 Å². The number of hydrogen-bond donors (Lipinski definition) is 1. The number of para-hydroxylation sites is 1.